The molecule has 0 aliphatic heterocycles. The van der Waals surface area contributed by atoms with Crippen molar-refractivity contribution < 1.29 is 18.3 Å². The lowest BCUT2D eigenvalue weighted by Crippen LogP contribution is -2.17. The molecule has 0 aliphatic rings. The normalized spacial score (nSPS) is 13.3. The first kappa shape index (κ1) is 18.7. The largest absolute Gasteiger partial charge is 0.464 e. The first-order valence-corrected chi connectivity index (χ1v) is 8.15. The summed E-state index contributed by atoms with van der Waals surface area (Å²) in [7, 11) is 0. The van der Waals surface area contributed by atoms with Gasteiger partial charge in [0.25, 0.3) is 0 Å². The number of carbonyl (C=O) groups excluding carboxylic acids is 1. The zero-order valence-corrected chi connectivity index (χ0v) is 13.0. The molecule has 0 fully saturated rings. The van der Waals surface area contributed by atoms with Gasteiger partial charge in [-0.05, 0) is 25.0 Å². The summed E-state index contributed by atoms with van der Waals surface area (Å²) in [4.78, 5) is 11.2. The zero-order chi connectivity index (χ0) is 14.7. The third-order valence-electron chi connectivity index (χ3n) is 2.90. The van der Waals surface area contributed by atoms with Gasteiger partial charge in [-0.25, -0.2) is 8.78 Å². The molecule has 0 aromatic rings. The van der Waals surface area contributed by atoms with Gasteiger partial charge in [0.2, 0.25) is 5.92 Å². The van der Waals surface area contributed by atoms with E-state index in [2.05, 4.69) is 0 Å². The van der Waals surface area contributed by atoms with Crippen molar-refractivity contribution in [1.29, 1.82) is 0 Å². The third-order valence-corrected chi connectivity index (χ3v) is 4.36. The highest BCUT2D eigenvalue weighted by molar-refractivity contribution is 7.99. The molecule has 0 rings (SSSR count). The van der Waals surface area contributed by atoms with Crippen LogP contribution in [0.4, 0.5) is 8.78 Å². The van der Waals surface area contributed by atoms with Crippen molar-refractivity contribution >= 4 is 17.7 Å². The number of carbonyl (C=O) groups is 1. The summed E-state index contributed by atoms with van der Waals surface area (Å²) in [6.07, 6.45) is 2.48. The Bertz CT molecular complexity index is 248. The molecule has 0 heterocycles. The fourth-order valence-corrected chi connectivity index (χ4v) is 2.55. The van der Waals surface area contributed by atoms with Gasteiger partial charge in [-0.1, -0.05) is 20.8 Å². The van der Waals surface area contributed by atoms with E-state index in [1.165, 1.54) is 6.92 Å². The molecule has 5 heteroatoms. The minimum atomic E-state index is -2.53. The number of halogens is 2. The predicted molar refractivity (Wildman–Crippen MR) is 76.9 cm³/mol. The first-order chi connectivity index (χ1) is 8.95. The van der Waals surface area contributed by atoms with Crippen molar-refractivity contribution in [1.82, 2.24) is 0 Å². The van der Waals surface area contributed by atoms with Crippen molar-refractivity contribution in [3.05, 3.63) is 0 Å². The number of hydrogen-bond donors (Lipinski definition) is 0. The van der Waals surface area contributed by atoms with Gasteiger partial charge in [-0.3, -0.25) is 4.79 Å². The van der Waals surface area contributed by atoms with E-state index >= 15 is 0 Å². The van der Waals surface area contributed by atoms with Crippen molar-refractivity contribution in [2.45, 2.75) is 70.5 Å². The van der Waals surface area contributed by atoms with E-state index in [1.54, 1.807) is 11.8 Å². The molecule has 0 aromatic carbocycles. The van der Waals surface area contributed by atoms with Gasteiger partial charge in [0.1, 0.15) is 6.61 Å². The number of rotatable bonds is 11. The Kier molecular flexibility index (Phi) is 10.3. The maximum atomic E-state index is 13.0. The minimum absolute atomic E-state index is 0.0530. The zero-order valence-electron chi connectivity index (χ0n) is 12.2. The minimum Gasteiger partial charge on any atom is -0.464 e. The van der Waals surface area contributed by atoms with Crippen LogP contribution in [0.5, 0.6) is 0 Å². The highest BCUT2D eigenvalue weighted by Gasteiger charge is 2.25. The number of esters is 1. The lowest BCUT2D eigenvalue weighted by Gasteiger charge is -2.16. The van der Waals surface area contributed by atoms with Gasteiger partial charge >= 0.3 is 5.97 Å². The standard InChI is InChI=1S/C14H26F2O2S/c1-4-8-13(17)18-11-12(5-2)19-10-7-9-14(15,16)6-3/h12H,4-11H2,1-3H3. The molecular formula is C14H26F2O2S. The van der Waals surface area contributed by atoms with Gasteiger partial charge < -0.3 is 4.74 Å². The van der Waals surface area contributed by atoms with E-state index in [-0.39, 0.29) is 24.1 Å². The topological polar surface area (TPSA) is 26.3 Å². The molecule has 1 unspecified atom stereocenters. The second-order valence-electron chi connectivity index (χ2n) is 4.65. The second kappa shape index (κ2) is 10.5. The second-order valence-corrected chi connectivity index (χ2v) is 6.06. The molecule has 0 spiro atoms. The fraction of sp³-hybridized carbons (Fsp3) is 0.929. The predicted octanol–water partition coefficient (Wildman–Crippen LogP) is 4.67. The number of hydrogen-bond acceptors (Lipinski definition) is 3. The molecule has 0 aromatic heterocycles. The Morgan fingerprint density at radius 1 is 1.32 bits per heavy atom. The Hall–Kier alpha value is -0.320. The van der Waals surface area contributed by atoms with E-state index < -0.39 is 5.92 Å². The van der Waals surface area contributed by atoms with Crippen LogP contribution in [0.2, 0.25) is 0 Å². The summed E-state index contributed by atoms with van der Waals surface area (Å²) in [5, 5.41) is 0.219. The van der Waals surface area contributed by atoms with Crippen molar-refractivity contribution in [3.63, 3.8) is 0 Å². The average molecular weight is 296 g/mol. The molecule has 2 nitrogen and oxygen atoms in total. The molecule has 0 bridgehead atoms. The van der Waals surface area contributed by atoms with Crippen LogP contribution in [-0.2, 0) is 9.53 Å². The van der Waals surface area contributed by atoms with Crippen LogP contribution in [0.3, 0.4) is 0 Å². The monoisotopic (exact) mass is 296 g/mol. The highest BCUT2D eigenvalue weighted by atomic mass is 32.2. The maximum absolute atomic E-state index is 13.0. The van der Waals surface area contributed by atoms with Crippen molar-refractivity contribution in [2.24, 2.45) is 0 Å². The Labute approximate surface area is 119 Å². The molecule has 0 saturated heterocycles. The van der Waals surface area contributed by atoms with E-state index in [0.717, 1.165) is 12.8 Å². The van der Waals surface area contributed by atoms with Gasteiger partial charge in [0.05, 0.1) is 0 Å². The van der Waals surface area contributed by atoms with Crippen LogP contribution in [0.25, 0.3) is 0 Å². The molecule has 0 radical (unpaired) electrons. The molecule has 0 saturated carbocycles. The molecular weight excluding hydrogens is 270 g/mol. The lowest BCUT2D eigenvalue weighted by molar-refractivity contribution is -0.143. The van der Waals surface area contributed by atoms with Crippen LogP contribution in [-0.4, -0.2) is 29.5 Å². The Morgan fingerprint density at radius 3 is 2.53 bits per heavy atom. The lowest BCUT2D eigenvalue weighted by atomic mass is 10.1. The average Bonchev–Trinajstić information content (AvgIpc) is 2.38. The van der Waals surface area contributed by atoms with Crippen LogP contribution >= 0.6 is 11.8 Å². The third kappa shape index (κ3) is 10.2. The van der Waals surface area contributed by atoms with Gasteiger partial charge in [0.15, 0.2) is 0 Å². The van der Waals surface area contributed by atoms with E-state index in [9.17, 15) is 13.6 Å². The van der Waals surface area contributed by atoms with E-state index in [0.29, 0.717) is 25.2 Å². The van der Waals surface area contributed by atoms with Gasteiger partial charge in [0, 0.05) is 24.5 Å². The number of thioether (sulfide) groups is 1. The molecule has 0 aliphatic carbocycles. The maximum Gasteiger partial charge on any atom is 0.305 e. The molecule has 1 atom stereocenters. The molecule has 114 valence electrons. The fourth-order valence-electron chi connectivity index (χ4n) is 1.50. The summed E-state index contributed by atoms with van der Waals surface area (Å²) < 4.78 is 31.2. The summed E-state index contributed by atoms with van der Waals surface area (Å²) in [6.45, 7) is 5.85. The van der Waals surface area contributed by atoms with E-state index in [4.69, 9.17) is 4.74 Å². The Balaban J connectivity index is 3.73. The number of alkyl halides is 2. The summed E-state index contributed by atoms with van der Waals surface area (Å²) in [5.41, 5.74) is 0. The van der Waals surface area contributed by atoms with E-state index in [1.807, 2.05) is 13.8 Å². The molecule has 0 N–H and O–H groups in total. The number of ether oxygens (including phenoxy) is 1. The van der Waals surface area contributed by atoms with Gasteiger partial charge in [-0.2, -0.15) is 11.8 Å². The smallest absolute Gasteiger partial charge is 0.305 e. The highest BCUT2D eigenvalue weighted by Crippen LogP contribution is 2.26. The van der Waals surface area contributed by atoms with Crippen LogP contribution in [0.15, 0.2) is 0 Å². The van der Waals surface area contributed by atoms with Crippen LogP contribution in [0, 0.1) is 0 Å². The quantitative estimate of drug-likeness (QED) is 0.409. The molecule has 0 amide bonds. The molecule has 19 heavy (non-hydrogen) atoms. The summed E-state index contributed by atoms with van der Waals surface area (Å²) >= 11 is 1.62. The summed E-state index contributed by atoms with van der Waals surface area (Å²) in [5.74, 6) is -2.01. The van der Waals surface area contributed by atoms with Crippen LogP contribution < -0.4 is 0 Å². The first-order valence-electron chi connectivity index (χ1n) is 7.10. The van der Waals surface area contributed by atoms with Crippen molar-refractivity contribution in [2.75, 3.05) is 12.4 Å². The Morgan fingerprint density at radius 2 is 2.00 bits per heavy atom. The van der Waals surface area contributed by atoms with Crippen molar-refractivity contribution in [3.8, 4) is 0 Å². The van der Waals surface area contributed by atoms with Gasteiger partial charge in [-0.15, -0.1) is 0 Å². The SMILES string of the molecule is CCCC(=O)OCC(CC)SCCCC(F)(F)CC. The van der Waals surface area contributed by atoms with Crippen LogP contribution in [0.1, 0.15) is 59.3 Å². The summed E-state index contributed by atoms with van der Waals surface area (Å²) in [6, 6.07) is 0.